The van der Waals surface area contributed by atoms with Crippen molar-refractivity contribution in [2.75, 3.05) is 12.4 Å². The van der Waals surface area contributed by atoms with Gasteiger partial charge in [0.1, 0.15) is 5.75 Å². The highest BCUT2D eigenvalue weighted by atomic mass is 35.5. The smallest absolute Gasteiger partial charge is 0.276 e. The van der Waals surface area contributed by atoms with Gasteiger partial charge in [0.25, 0.3) is 5.91 Å². The Morgan fingerprint density at radius 3 is 2.50 bits per heavy atom. The number of halogens is 1. The summed E-state index contributed by atoms with van der Waals surface area (Å²) in [7, 11) is 0. The Hall–Kier alpha value is -2.18. The van der Waals surface area contributed by atoms with Gasteiger partial charge >= 0.3 is 0 Å². The topological polar surface area (TPSA) is 67.4 Å². The van der Waals surface area contributed by atoms with Gasteiger partial charge in [-0.15, -0.1) is 11.8 Å². The minimum absolute atomic E-state index is 0.200. The molecule has 2 N–H and O–H groups in total. The van der Waals surface area contributed by atoms with Gasteiger partial charge < -0.3 is 4.74 Å². The van der Waals surface area contributed by atoms with Crippen LogP contribution in [0.4, 0.5) is 0 Å². The van der Waals surface area contributed by atoms with Crippen molar-refractivity contribution in [3.63, 3.8) is 0 Å². The van der Waals surface area contributed by atoms with E-state index >= 15 is 0 Å². The number of hydrazine groups is 1. The third-order valence-corrected chi connectivity index (χ3v) is 4.20. The molecule has 5 nitrogen and oxygen atoms in total. The van der Waals surface area contributed by atoms with E-state index in [0.29, 0.717) is 10.8 Å². The van der Waals surface area contributed by atoms with E-state index < -0.39 is 5.91 Å². The number of nitrogens with one attached hydrogen (secondary N) is 2. The van der Waals surface area contributed by atoms with Crippen molar-refractivity contribution in [3.05, 3.63) is 59.1 Å². The van der Waals surface area contributed by atoms with Gasteiger partial charge in [0.05, 0.1) is 5.75 Å². The fraction of sp³-hybridized carbons (Fsp3) is 0.176. The number of hydrogen-bond acceptors (Lipinski definition) is 4. The van der Waals surface area contributed by atoms with Gasteiger partial charge in [0.15, 0.2) is 6.61 Å². The first-order valence-electron chi connectivity index (χ1n) is 7.19. The van der Waals surface area contributed by atoms with Crippen LogP contribution in [0.5, 0.6) is 5.75 Å². The zero-order chi connectivity index (χ0) is 17.4. The molecule has 2 amide bonds. The highest BCUT2D eigenvalue weighted by Crippen LogP contribution is 2.21. The van der Waals surface area contributed by atoms with E-state index in [2.05, 4.69) is 10.9 Å². The molecule has 0 aliphatic heterocycles. The highest BCUT2D eigenvalue weighted by molar-refractivity contribution is 8.00. The van der Waals surface area contributed by atoms with Crippen molar-refractivity contribution >= 4 is 35.2 Å². The molecule has 0 aromatic heterocycles. The molecule has 2 rings (SSSR count). The molecule has 126 valence electrons. The van der Waals surface area contributed by atoms with Gasteiger partial charge in [0.2, 0.25) is 5.91 Å². The van der Waals surface area contributed by atoms with Crippen LogP contribution in [0.2, 0.25) is 5.02 Å². The molecule has 0 heterocycles. The van der Waals surface area contributed by atoms with E-state index in [-0.39, 0.29) is 18.3 Å². The summed E-state index contributed by atoms with van der Waals surface area (Å²) >= 11 is 7.24. The molecule has 0 radical (unpaired) electrons. The SMILES string of the molecule is Cc1cc(Cl)ccc1OCC(=O)NNC(=O)CSc1ccccc1. The van der Waals surface area contributed by atoms with E-state index in [9.17, 15) is 9.59 Å². The number of ether oxygens (including phenoxy) is 1. The lowest BCUT2D eigenvalue weighted by Gasteiger charge is -2.10. The third-order valence-electron chi connectivity index (χ3n) is 2.95. The molecule has 0 aliphatic carbocycles. The molecule has 24 heavy (non-hydrogen) atoms. The lowest BCUT2D eigenvalue weighted by molar-refractivity contribution is -0.128. The van der Waals surface area contributed by atoms with Crippen LogP contribution in [0.15, 0.2) is 53.4 Å². The fourth-order valence-electron chi connectivity index (χ4n) is 1.80. The molecular weight excluding hydrogens is 348 g/mol. The Kier molecular flexibility index (Phi) is 6.96. The van der Waals surface area contributed by atoms with Gasteiger partial charge in [-0.3, -0.25) is 20.4 Å². The maximum Gasteiger partial charge on any atom is 0.276 e. The molecule has 2 aromatic rings. The van der Waals surface area contributed by atoms with Gasteiger partial charge in [-0.2, -0.15) is 0 Å². The summed E-state index contributed by atoms with van der Waals surface area (Å²) in [6.07, 6.45) is 0. The summed E-state index contributed by atoms with van der Waals surface area (Å²) in [6, 6.07) is 14.7. The maximum absolute atomic E-state index is 11.7. The monoisotopic (exact) mass is 364 g/mol. The first kappa shape index (κ1) is 18.2. The van der Waals surface area contributed by atoms with Crippen LogP contribution < -0.4 is 15.6 Å². The molecule has 0 atom stereocenters. The lowest BCUT2D eigenvalue weighted by Crippen LogP contribution is -2.44. The number of thioether (sulfide) groups is 1. The van der Waals surface area contributed by atoms with Crippen molar-refractivity contribution in [1.82, 2.24) is 10.9 Å². The third kappa shape index (κ3) is 6.14. The average Bonchev–Trinajstić information content (AvgIpc) is 2.58. The summed E-state index contributed by atoms with van der Waals surface area (Å²) in [4.78, 5) is 24.4. The first-order chi connectivity index (χ1) is 11.5. The van der Waals surface area contributed by atoms with Crippen molar-refractivity contribution < 1.29 is 14.3 Å². The first-order valence-corrected chi connectivity index (χ1v) is 8.55. The zero-order valence-electron chi connectivity index (χ0n) is 13.0. The number of aryl methyl sites for hydroxylation is 1. The minimum atomic E-state index is -0.442. The van der Waals surface area contributed by atoms with E-state index in [4.69, 9.17) is 16.3 Å². The standard InChI is InChI=1S/C17H17ClN2O3S/c1-12-9-13(18)7-8-15(12)23-10-16(21)19-20-17(22)11-24-14-5-3-2-4-6-14/h2-9H,10-11H2,1H3,(H,19,21)(H,20,22). The fourth-order valence-corrected chi connectivity index (χ4v) is 2.74. The van der Waals surface area contributed by atoms with Crippen LogP contribution in [-0.2, 0) is 9.59 Å². The Labute approximate surface area is 149 Å². The Morgan fingerprint density at radius 2 is 1.79 bits per heavy atom. The predicted octanol–water partition coefficient (Wildman–Crippen LogP) is 2.97. The molecule has 2 aromatic carbocycles. The number of amides is 2. The minimum Gasteiger partial charge on any atom is -0.483 e. The number of rotatable bonds is 6. The second kappa shape index (κ2) is 9.20. The van der Waals surface area contributed by atoms with Crippen LogP contribution in [0.25, 0.3) is 0 Å². The molecule has 0 aliphatic rings. The van der Waals surface area contributed by atoms with Crippen molar-refractivity contribution in [2.24, 2.45) is 0 Å². The zero-order valence-corrected chi connectivity index (χ0v) is 14.6. The van der Waals surface area contributed by atoms with E-state index in [1.807, 2.05) is 37.3 Å². The summed E-state index contributed by atoms with van der Waals surface area (Å²) in [5, 5.41) is 0.604. The molecule has 0 spiro atoms. The van der Waals surface area contributed by atoms with Crippen molar-refractivity contribution in [1.29, 1.82) is 0 Å². The second-order valence-corrected chi connectivity index (χ2v) is 6.38. The number of benzene rings is 2. The summed E-state index contributed by atoms with van der Waals surface area (Å²) in [5.41, 5.74) is 5.50. The summed E-state index contributed by atoms with van der Waals surface area (Å²) in [5.74, 6) is 0.0457. The van der Waals surface area contributed by atoms with Crippen LogP contribution in [0.3, 0.4) is 0 Å². The molecule has 0 bridgehead atoms. The van der Waals surface area contributed by atoms with Crippen LogP contribution >= 0.6 is 23.4 Å². The van der Waals surface area contributed by atoms with E-state index in [1.54, 1.807) is 18.2 Å². The Bertz CT molecular complexity index is 710. The molecule has 0 fully saturated rings. The molecular formula is C17H17ClN2O3S. The second-order valence-electron chi connectivity index (χ2n) is 4.90. The van der Waals surface area contributed by atoms with Crippen molar-refractivity contribution in [3.8, 4) is 5.75 Å². The predicted molar refractivity (Wildman–Crippen MR) is 95.1 cm³/mol. The van der Waals surface area contributed by atoms with Crippen LogP contribution in [-0.4, -0.2) is 24.2 Å². The quantitative estimate of drug-likeness (QED) is 0.611. The molecule has 0 saturated heterocycles. The van der Waals surface area contributed by atoms with Crippen LogP contribution in [0, 0.1) is 6.92 Å². The largest absolute Gasteiger partial charge is 0.483 e. The summed E-state index contributed by atoms with van der Waals surface area (Å²) in [6.45, 7) is 1.64. The maximum atomic E-state index is 11.7. The van der Waals surface area contributed by atoms with Gasteiger partial charge in [-0.25, -0.2) is 0 Å². The number of hydrogen-bond donors (Lipinski definition) is 2. The highest BCUT2D eigenvalue weighted by Gasteiger charge is 2.07. The van der Waals surface area contributed by atoms with Gasteiger partial charge in [-0.1, -0.05) is 29.8 Å². The molecule has 7 heteroatoms. The van der Waals surface area contributed by atoms with Crippen molar-refractivity contribution in [2.45, 2.75) is 11.8 Å². The normalized spacial score (nSPS) is 10.1. The molecule has 0 saturated carbocycles. The summed E-state index contributed by atoms with van der Waals surface area (Å²) < 4.78 is 5.39. The Morgan fingerprint density at radius 1 is 1.08 bits per heavy atom. The lowest BCUT2D eigenvalue weighted by atomic mass is 10.2. The van der Waals surface area contributed by atoms with Gasteiger partial charge in [-0.05, 0) is 42.8 Å². The van der Waals surface area contributed by atoms with E-state index in [1.165, 1.54) is 11.8 Å². The van der Waals surface area contributed by atoms with E-state index in [0.717, 1.165) is 10.5 Å². The van der Waals surface area contributed by atoms with Gasteiger partial charge in [0, 0.05) is 9.92 Å². The molecule has 0 unspecified atom stereocenters. The Balaban J connectivity index is 1.68. The number of carbonyl (C=O) groups excluding carboxylic acids is 2. The number of carbonyl (C=O) groups is 2. The average molecular weight is 365 g/mol. The van der Waals surface area contributed by atoms with Crippen LogP contribution in [0.1, 0.15) is 5.56 Å².